The van der Waals surface area contributed by atoms with Crippen molar-refractivity contribution in [2.24, 2.45) is 0 Å². The second kappa shape index (κ2) is 6.53. The number of benzene rings is 1. The first kappa shape index (κ1) is 13.8. The Morgan fingerprint density at radius 2 is 2.05 bits per heavy atom. The molecule has 3 rings (SSSR count). The van der Waals surface area contributed by atoms with Crippen LogP contribution in [0.4, 0.5) is 0 Å². The average Bonchev–Trinajstić information content (AvgIpc) is 2.86. The topological polar surface area (TPSA) is 15.3 Å². The molecule has 0 spiro atoms. The molecule has 2 heterocycles. The molecule has 20 heavy (non-hydrogen) atoms. The highest BCUT2D eigenvalue weighted by Crippen LogP contribution is 2.18. The Bertz CT molecular complexity index is 535. The fourth-order valence-corrected chi connectivity index (χ4v) is 3.80. The first-order chi connectivity index (χ1) is 9.79. The van der Waals surface area contributed by atoms with E-state index in [0.717, 1.165) is 32.6 Å². The lowest BCUT2D eigenvalue weighted by atomic mass is 10.0. The maximum absolute atomic E-state index is 3.65. The second-order valence-electron chi connectivity index (χ2n) is 5.59. The highest BCUT2D eigenvalue weighted by molar-refractivity contribution is 7.11. The van der Waals surface area contributed by atoms with Gasteiger partial charge in [0.05, 0.1) is 0 Å². The standard InChI is InChI=1S/C17H22N2S/c1-14-7-8-17(20-14)13-19-10-9-18-16(12-19)11-15-5-3-2-4-6-15/h2-8,16,18H,9-13H2,1H3. The van der Waals surface area contributed by atoms with Crippen LogP contribution in [0.25, 0.3) is 0 Å². The minimum Gasteiger partial charge on any atom is -0.311 e. The number of hydrogen-bond donors (Lipinski definition) is 1. The molecule has 3 heteroatoms. The van der Waals surface area contributed by atoms with E-state index in [-0.39, 0.29) is 0 Å². The van der Waals surface area contributed by atoms with Gasteiger partial charge in [0, 0.05) is 42.0 Å². The molecule has 1 aromatic carbocycles. The number of piperazine rings is 1. The molecule has 1 N–H and O–H groups in total. The molecular formula is C17H22N2S. The van der Waals surface area contributed by atoms with Crippen LogP contribution in [0, 0.1) is 6.92 Å². The molecular weight excluding hydrogens is 264 g/mol. The quantitative estimate of drug-likeness (QED) is 0.929. The molecule has 1 saturated heterocycles. The van der Waals surface area contributed by atoms with Crippen LogP contribution in [0.15, 0.2) is 42.5 Å². The Morgan fingerprint density at radius 3 is 2.80 bits per heavy atom. The highest BCUT2D eigenvalue weighted by atomic mass is 32.1. The minimum atomic E-state index is 0.576. The van der Waals surface area contributed by atoms with E-state index in [1.165, 1.54) is 15.3 Å². The Kier molecular flexibility index (Phi) is 4.51. The van der Waals surface area contributed by atoms with Crippen molar-refractivity contribution in [3.8, 4) is 0 Å². The summed E-state index contributed by atoms with van der Waals surface area (Å²) in [6.07, 6.45) is 1.13. The molecule has 1 unspecified atom stereocenters. The SMILES string of the molecule is Cc1ccc(CN2CCNC(Cc3ccccc3)C2)s1. The molecule has 0 aliphatic carbocycles. The molecule has 0 bridgehead atoms. The Balaban J connectivity index is 1.56. The number of nitrogens with zero attached hydrogens (tertiary/aromatic N) is 1. The van der Waals surface area contributed by atoms with Crippen molar-refractivity contribution < 1.29 is 0 Å². The van der Waals surface area contributed by atoms with Gasteiger partial charge < -0.3 is 5.32 Å². The molecule has 0 saturated carbocycles. The van der Waals surface area contributed by atoms with E-state index in [0.29, 0.717) is 6.04 Å². The third-order valence-electron chi connectivity index (χ3n) is 3.84. The van der Waals surface area contributed by atoms with Gasteiger partial charge in [-0.05, 0) is 31.0 Å². The summed E-state index contributed by atoms with van der Waals surface area (Å²) in [5, 5.41) is 3.65. The molecule has 1 aliphatic heterocycles. The normalized spacial score (nSPS) is 20.1. The summed E-state index contributed by atoms with van der Waals surface area (Å²) in [4.78, 5) is 5.48. The number of aryl methyl sites for hydroxylation is 1. The summed E-state index contributed by atoms with van der Waals surface area (Å²) in [6, 6.07) is 15.9. The number of thiophene rings is 1. The fraction of sp³-hybridized carbons (Fsp3) is 0.412. The van der Waals surface area contributed by atoms with Crippen molar-refractivity contribution in [1.29, 1.82) is 0 Å². The minimum absolute atomic E-state index is 0.576. The van der Waals surface area contributed by atoms with Gasteiger partial charge in [-0.1, -0.05) is 30.3 Å². The van der Waals surface area contributed by atoms with Crippen LogP contribution >= 0.6 is 11.3 Å². The van der Waals surface area contributed by atoms with Gasteiger partial charge in [-0.3, -0.25) is 4.90 Å². The van der Waals surface area contributed by atoms with Crippen molar-refractivity contribution in [2.75, 3.05) is 19.6 Å². The van der Waals surface area contributed by atoms with Crippen LogP contribution in [0.1, 0.15) is 15.3 Å². The van der Waals surface area contributed by atoms with E-state index in [4.69, 9.17) is 0 Å². The van der Waals surface area contributed by atoms with Gasteiger partial charge in [0.15, 0.2) is 0 Å². The fourth-order valence-electron chi connectivity index (χ4n) is 2.86. The molecule has 2 nitrogen and oxygen atoms in total. The van der Waals surface area contributed by atoms with E-state index in [1.54, 1.807) is 0 Å². The molecule has 1 atom stereocenters. The van der Waals surface area contributed by atoms with Crippen molar-refractivity contribution in [1.82, 2.24) is 10.2 Å². The Hall–Kier alpha value is -1.16. The lowest BCUT2D eigenvalue weighted by molar-refractivity contribution is 0.193. The molecule has 0 radical (unpaired) electrons. The van der Waals surface area contributed by atoms with Gasteiger partial charge in [-0.2, -0.15) is 0 Å². The monoisotopic (exact) mass is 286 g/mol. The summed E-state index contributed by atoms with van der Waals surface area (Å²) >= 11 is 1.92. The third kappa shape index (κ3) is 3.69. The molecule has 1 aliphatic rings. The van der Waals surface area contributed by atoms with Crippen LogP contribution in [0.3, 0.4) is 0 Å². The first-order valence-corrected chi connectivity index (χ1v) is 8.16. The molecule has 1 aromatic heterocycles. The van der Waals surface area contributed by atoms with Gasteiger partial charge >= 0.3 is 0 Å². The number of rotatable bonds is 4. The summed E-state index contributed by atoms with van der Waals surface area (Å²) in [5.41, 5.74) is 1.43. The summed E-state index contributed by atoms with van der Waals surface area (Å²) in [7, 11) is 0. The number of nitrogens with one attached hydrogen (secondary N) is 1. The van der Waals surface area contributed by atoms with Crippen LogP contribution in [-0.2, 0) is 13.0 Å². The van der Waals surface area contributed by atoms with E-state index in [2.05, 4.69) is 59.6 Å². The zero-order valence-electron chi connectivity index (χ0n) is 12.0. The van der Waals surface area contributed by atoms with Gasteiger partial charge in [-0.15, -0.1) is 11.3 Å². The predicted molar refractivity (Wildman–Crippen MR) is 86.3 cm³/mol. The van der Waals surface area contributed by atoms with E-state index in [9.17, 15) is 0 Å². The molecule has 2 aromatic rings. The zero-order chi connectivity index (χ0) is 13.8. The third-order valence-corrected chi connectivity index (χ3v) is 4.83. The first-order valence-electron chi connectivity index (χ1n) is 7.34. The van der Waals surface area contributed by atoms with Gasteiger partial charge in [-0.25, -0.2) is 0 Å². The second-order valence-corrected chi connectivity index (χ2v) is 6.96. The van der Waals surface area contributed by atoms with Gasteiger partial charge in [0.1, 0.15) is 0 Å². The number of hydrogen-bond acceptors (Lipinski definition) is 3. The van der Waals surface area contributed by atoms with Crippen LogP contribution in [0.5, 0.6) is 0 Å². The lowest BCUT2D eigenvalue weighted by Crippen LogP contribution is -2.51. The molecule has 1 fully saturated rings. The van der Waals surface area contributed by atoms with Crippen LogP contribution in [-0.4, -0.2) is 30.6 Å². The van der Waals surface area contributed by atoms with Crippen molar-refractivity contribution in [3.63, 3.8) is 0 Å². The van der Waals surface area contributed by atoms with Crippen LogP contribution < -0.4 is 5.32 Å². The lowest BCUT2D eigenvalue weighted by Gasteiger charge is -2.33. The Morgan fingerprint density at radius 1 is 1.20 bits per heavy atom. The highest BCUT2D eigenvalue weighted by Gasteiger charge is 2.19. The van der Waals surface area contributed by atoms with E-state index in [1.807, 2.05) is 11.3 Å². The van der Waals surface area contributed by atoms with Gasteiger partial charge in [0.25, 0.3) is 0 Å². The van der Waals surface area contributed by atoms with Crippen LogP contribution in [0.2, 0.25) is 0 Å². The Labute approximate surface area is 125 Å². The largest absolute Gasteiger partial charge is 0.311 e. The van der Waals surface area contributed by atoms with Crippen molar-refractivity contribution in [2.45, 2.75) is 25.9 Å². The molecule has 0 amide bonds. The smallest absolute Gasteiger partial charge is 0.0329 e. The average molecular weight is 286 g/mol. The predicted octanol–water partition coefficient (Wildman–Crippen LogP) is 3.07. The van der Waals surface area contributed by atoms with Crippen molar-refractivity contribution in [3.05, 3.63) is 57.8 Å². The zero-order valence-corrected chi connectivity index (χ0v) is 12.8. The maximum atomic E-state index is 3.65. The molecule has 106 valence electrons. The summed E-state index contributed by atoms with van der Waals surface area (Å²) in [6.45, 7) is 6.69. The summed E-state index contributed by atoms with van der Waals surface area (Å²) in [5.74, 6) is 0. The summed E-state index contributed by atoms with van der Waals surface area (Å²) < 4.78 is 0. The maximum Gasteiger partial charge on any atom is 0.0329 e. The van der Waals surface area contributed by atoms with E-state index >= 15 is 0 Å². The van der Waals surface area contributed by atoms with E-state index < -0.39 is 0 Å². The van der Waals surface area contributed by atoms with Gasteiger partial charge in [0.2, 0.25) is 0 Å². The van der Waals surface area contributed by atoms with Crippen molar-refractivity contribution >= 4 is 11.3 Å².